The number of hydrogen-bond acceptors (Lipinski definition) is 2. The van der Waals surface area contributed by atoms with Gasteiger partial charge in [-0.2, -0.15) is 0 Å². The maximum absolute atomic E-state index is 10.9. The van der Waals surface area contributed by atoms with Crippen LogP contribution in [0.4, 0.5) is 0 Å². The third-order valence-electron chi connectivity index (χ3n) is 2.81. The van der Waals surface area contributed by atoms with Crippen LogP contribution in [-0.2, 0) is 15.7 Å². The fourth-order valence-corrected chi connectivity index (χ4v) is 2.80. The molecule has 78 valence electrons. The molecule has 0 radical (unpaired) electrons. The van der Waals surface area contributed by atoms with Gasteiger partial charge in [-0.3, -0.25) is 5.14 Å². The summed E-state index contributed by atoms with van der Waals surface area (Å²) in [6.45, 7) is 0. The molecule has 13 heavy (non-hydrogen) atoms. The van der Waals surface area contributed by atoms with Crippen LogP contribution in [0.2, 0.25) is 0 Å². The minimum Gasteiger partial charge on any atom is -0.380 e. The summed E-state index contributed by atoms with van der Waals surface area (Å²) in [5.41, 5.74) is 0. The van der Waals surface area contributed by atoms with E-state index >= 15 is 0 Å². The summed E-state index contributed by atoms with van der Waals surface area (Å²) in [7, 11) is 0.464. The lowest BCUT2D eigenvalue weighted by molar-refractivity contribution is 0.0536. The topological polar surface area (TPSA) is 52.3 Å². The molecule has 3 nitrogen and oxygen atoms in total. The first-order valence-electron chi connectivity index (χ1n) is 4.89. The molecule has 0 bridgehead atoms. The van der Waals surface area contributed by atoms with Crippen LogP contribution in [0, 0.1) is 5.92 Å². The van der Waals surface area contributed by atoms with E-state index in [4.69, 9.17) is 9.88 Å². The zero-order valence-electron chi connectivity index (χ0n) is 8.20. The Morgan fingerprint density at radius 1 is 1.46 bits per heavy atom. The van der Waals surface area contributed by atoms with E-state index in [2.05, 4.69) is 0 Å². The minimum atomic E-state index is -1.22. The monoisotopic (exact) mass is 205 g/mol. The van der Waals surface area contributed by atoms with Gasteiger partial charge in [0, 0.05) is 7.11 Å². The summed E-state index contributed by atoms with van der Waals surface area (Å²) < 4.78 is 16.2. The summed E-state index contributed by atoms with van der Waals surface area (Å²) in [5.74, 6) is 1.06. The molecule has 1 fully saturated rings. The van der Waals surface area contributed by atoms with Gasteiger partial charge < -0.3 is 4.74 Å². The Hall–Kier alpha value is 0.0700. The number of rotatable bonds is 4. The number of ether oxygens (including phenoxy) is 1. The van der Waals surface area contributed by atoms with Crippen molar-refractivity contribution in [1.29, 1.82) is 0 Å². The molecule has 0 amide bonds. The second kappa shape index (κ2) is 5.73. The van der Waals surface area contributed by atoms with Crippen LogP contribution in [0.25, 0.3) is 0 Å². The van der Waals surface area contributed by atoms with Gasteiger partial charge in [0.2, 0.25) is 0 Å². The highest BCUT2D eigenvalue weighted by Crippen LogP contribution is 2.27. The molecular weight excluding hydrogens is 186 g/mol. The van der Waals surface area contributed by atoms with E-state index in [1.165, 1.54) is 32.1 Å². The van der Waals surface area contributed by atoms with Gasteiger partial charge in [-0.25, -0.2) is 4.21 Å². The first-order chi connectivity index (χ1) is 6.24. The molecule has 0 heterocycles. The van der Waals surface area contributed by atoms with E-state index in [0.717, 1.165) is 0 Å². The molecule has 1 saturated carbocycles. The number of methoxy groups -OCH3 is 1. The van der Waals surface area contributed by atoms with Crippen LogP contribution < -0.4 is 5.14 Å². The van der Waals surface area contributed by atoms with Crippen LogP contribution >= 0.6 is 0 Å². The van der Waals surface area contributed by atoms with Crippen LogP contribution in [0.1, 0.15) is 32.1 Å². The SMILES string of the molecule is COC(CS(N)=O)C1CCCCC1. The van der Waals surface area contributed by atoms with Crippen molar-refractivity contribution in [1.82, 2.24) is 0 Å². The summed E-state index contributed by atoms with van der Waals surface area (Å²) in [4.78, 5) is 0. The molecule has 0 aromatic heterocycles. The van der Waals surface area contributed by atoms with E-state index in [9.17, 15) is 4.21 Å². The van der Waals surface area contributed by atoms with Gasteiger partial charge >= 0.3 is 0 Å². The maximum Gasteiger partial charge on any atom is 0.0914 e. The summed E-state index contributed by atoms with van der Waals surface area (Å²) in [6, 6.07) is 0. The molecule has 1 aliphatic carbocycles. The second-order valence-corrected chi connectivity index (χ2v) is 4.81. The lowest BCUT2D eigenvalue weighted by Gasteiger charge is -2.28. The number of hydrogen-bond donors (Lipinski definition) is 1. The Labute approximate surface area is 82.6 Å². The largest absolute Gasteiger partial charge is 0.380 e. The van der Waals surface area contributed by atoms with E-state index in [-0.39, 0.29) is 6.10 Å². The third-order valence-corrected chi connectivity index (χ3v) is 3.46. The van der Waals surface area contributed by atoms with Gasteiger partial charge in [0.05, 0.1) is 22.8 Å². The molecule has 1 rings (SSSR count). The smallest absolute Gasteiger partial charge is 0.0914 e. The summed E-state index contributed by atoms with van der Waals surface area (Å²) in [6.07, 6.45) is 6.40. The van der Waals surface area contributed by atoms with E-state index < -0.39 is 11.0 Å². The highest BCUT2D eigenvalue weighted by atomic mass is 32.2. The quantitative estimate of drug-likeness (QED) is 0.750. The molecule has 1 aliphatic rings. The fourth-order valence-electron chi connectivity index (χ4n) is 2.06. The van der Waals surface area contributed by atoms with Gasteiger partial charge in [0.25, 0.3) is 0 Å². The van der Waals surface area contributed by atoms with Crippen molar-refractivity contribution in [3.63, 3.8) is 0 Å². The molecule has 0 saturated heterocycles. The molecule has 0 aliphatic heterocycles. The fraction of sp³-hybridized carbons (Fsp3) is 1.00. The standard InChI is InChI=1S/C9H19NO2S/c1-12-9(7-13(10)11)8-5-3-2-4-6-8/h8-9H,2-7,10H2,1H3. The average Bonchev–Trinajstić information content (AvgIpc) is 2.15. The lowest BCUT2D eigenvalue weighted by atomic mass is 9.86. The van der Waals surface area contributed by atoms with Crippen molar-refractivity contribution >= 4 is 11.0 Å². The zero-order valence-corrected chi connectivity index (χ0v) is 9.02. The van der Waals surface area contributed by atoms with E-state index in [0.29, 0.717) is 11.7 Å². The van der Waals surface area contributed by atoms with Crippen molar-refractivity contribution in [3.05, 3.63) is 0 Å². The van der Waals surface area contributed by atoms with E-state index in [1.807, 2.05) is 0 Å². The van der Waals surface area contributed by atoms with Gasteiger partial charge in [-0.1, -0.05) is 19.3 Å². The highest BCUT2D eigenvalue weighted by molar-refractivity contribution is 7.82. The molecule has 0 spiro atoms. The molecule has 0 aromatic rings. The number of nitrogens with two attached hydrogens (primary N) is 1. The Balaban J connectivity index is 2.39. The van der Waals surface area contributed by atoms with Crippen molar-refractivity contribution < 1.29 is 8.95 Å². The van der Waals surface area contributed by atoms with Crippen molar-refractivity contribution in [2.75, 3.05) is 12.9 Å². The first kappa shape index (κ1) is 11.1. The van der Waals surface area contributed by atoms with Crippen molar-refractivity contribution in [3.8, 4) is 0 Å². The van der Waals surface area contributed by atoms with Crippen molar-refractivity contribution in [2.45, 2.75) is 38.2 Å². The minimum absolute atomic E-state index is 0.103. The average molecular weight is 205 g/mol. The Morgan fingerprint density at radius 3 is 2.54 bits per heavy atom. The van der Waals surface area contributed by atoms with Gasteiger partial charge in [-0.15, -0.1) is 0 Å². The summed E-state index contributed by atoms with van der Waals surface area (Å²) in [5, 5.41) is 5.27. The zero-order chi connectivity index (χ0) is 9.68. The maximum atomic E-state index is 10.9. The molecule has 2 N–H and O–H groups in total. The predicted octanol–water partition coefficient (Wildman–Crippen LogP) is 1.20. The molecule has 4 heteroatoms. The van der Waals surface area contributed by atoms with Crippen LogP contribution in [0.15, 0.2) is 0 Å². The van der Waals surface area contributed by atoms with Gasteiger partial charge in [0.1, 0.15) is 0 Å². The van der Waals surface area contributed by atoms with Crippen LogP contribution in [0.5, 0.6) is 0 Å². The Kier molecular flexibility index (Phi) is 4.91. The molecule has 2 unspecified atom stereocenters. The van der Waals surface area contributed by atoms with Gasteiger partial charge in [-0.05, 0) is 18.8 Å². The highest BCUT2D eigenvalue weighted by Gasteiger charge is 2.24. The Bertz CT molecular complexity index is 169. The third kappa shape index (κ3) is 3.75. The van der Waals surface area contributed by atoms with Crippen molar-refractivity contribution in [2.24, 2.45) is 11.1 Å². The molecule has 2 atom stereocenters. The van der Waals surface area contributed by atoms with Gasteiger partial charge in [0.15, 0.2) is 0 Å². The lowest BCUT2D eigenvalue weighted by Crippen LogP contribution is -2.32. The Morgan fingerprint density at radius 2 is 2.08 bits per heavy atom. The molecular formula is C9H19NO2S. The predicted molar refractivity (Wildman–Crippen MR) is 54.6 cm³/mol. The normalized spacial score (nSPS) is 24.2. The van der Waals surface area contributed by atoms with Crippen LogP contribution in [-0.4, -0.2) is 23.2 Å². The summed E-state index contributed by atoms with van der Waals surface area (Å²) >= 11 is 0. The molecule has 0 aromatic carbocycles. The van der Waals surface area contributed by atoms with E-state index in [1.54, 1.807) is 7.11 Å². The second-order valence-electron chi connectivity index (χ2n) is 3.72. The first-order valence-corrected chi connectivity index (χ1v) is 6.28. The van der Waals surface area contributed by atoms with Crippen LogP contribution in [0.3, 0.4) is 0 Å².